The standard InChI is InChI=1S/C27H34N4O4S/c1-18-5-6-22(19(2)13-18)29-27(36)31(8-7-30-9-11-35-12-10-30)17-21-14-20-15-24(33-3)25(34-4)16-23(20)28-26(21)32/h5-6,13-16H,7-12,17H2,1-4H3,(H,28,32)(H,29,36). The molecule has 2 N–H and O–H groups in total. The van der Waals surface area contributed by atoms with E-state index in [9.17, 15) is 4.79 Å². The van der Waals surface area contributed by atoms with Crippen LogP contribution in [0, 0.1) is 13.8 Å². The third-order valence-electron chi connectivity index (χ3n) is 6.49. The van der Waals surface area contributed by atoms with Gasteiger partial charge in [0.25, 0.3) is 5.56 Å². The van der Waals surface area contributed by atoms with E-state index in [-0.39, 0.29) is 5.56 Å². The van der Waals surface area contributed by atoms with Crippen molar-refractivity contribution in [1.29, 1.82) is 0 Å². The van der Waals surface area contributed by atoms with Crippen molar-refractivity contribution < 1.29 is 14.2 Å². The van der Waals surface area contributed by atoms with Crippen molar-refractivity contribution in [3.63, 3.8) is 0 Å². The van der Waals surface area contributed by atoms with Crippen molar-refractivity contribution in [3.05, 3.63) is 63.4 Å². The molecule has 4 rings (SSSR count). The minimum Gasteiger partial charge on any atom is -0.493 e. The Kier molecular flexibility index (Phi) is 8.45. The molecule has 0 saturated carbocycles. The molecule has 1 saturated heterocycles. The van der Waals surface area contributed by atoms with Gasteiger partial charge in [0, 0.05) is 48.9 Å². The summed E-state index contributed by atoms with van der Waals surface area (Å²) in [5, 5.41) is 4.85. The first-order chi connectivity index (χ1) is 17.4. The van der Waals surface area contributed by atoms with Gasteiger partial charge in [-0.15, -0.1) is 0 Å². The minimum absolute atomic E-state index is 0.152. The fourth-order valence-corrected chi connectivity index (χ4v) is 4.65. The van der Waals surface area contributed by atoms with Crippen molar-refractivity contribution in [2.75, 3.05) is 58.9 Å². The van der Waals surface area contributed by atoms with Gasteiger partial charge in [-0.3, -0.25) is 9.69 Å². The lowest BCUT2D eigenvalue weighted by molar-refractivity contribution is 0.0358. The highest BCUT2D eigenvalue weighted by Gasteiger charge is 2.18. The van der Waals surface area contributed by atoms with E-state index in [1.807, 2.05) is 18.2 Å². The molecule has 0 atom stereocenters. The Balaban J connectivity index is 1.60. The number of aromatic nitrogens is 1. The maximum absolute atomic E-state index is 13.1. The van der Waals surface area contributed by atoms with Gasteiger partial charge >= 0.3 is 0 Å². The van der Waals surface area contributed by atoms with Gasteiger partial charge in [0.05, 0.1) is 39.5 Å². The zero-order valence-electron chi connectivity index (χ0n) is 21.3. The topological polar surface area (TPSA) is 79.1 Å². The van der Waals surface area contributed by atoms with Crippen LogP contribution in [0.5, 0.6) is 11.5 Å². The Morgan fingerprint density at radius 1 is 1.11 bits per heavy atom. The summed E-state index contributed by atoms with van der Waals surface area (Å²) in [5.74, 6) is 1.18. The number of nitrogens with zero attached hydrogens (tertiary/aromatic N) is 2. The molecule has 0 aliphatic carbocycles. The van der Waals surface area contributed by atoms with E-state index in [2.05, 4.69) is 46.1 Å². The zero-order valence-corrected chi connectivity index (χ0v) is 22.2. The van der Waals surface area contributed by atoms with Gasteiger partial charge in [-0.2, -0.15) is 0 Å². The van der Waals surface area contributed by atoms with Crippen molar-refractivity contribution in [2.45, 2.75) is 20.4 Å². The smallest absolute Gasteiger partial charge is 0.253 e. The van der Waals surface area contributed by atoms with Gasteiger partial charge in [-0.1, -0.05) is 17.7 Å². The maximum atomic E-state index is 13.1. The summed E-state index contributed by atoms with van der Waals surface area (Å²) in [5.41, 5.74) is 4.45. The molecular weight excluding hydrogens is 476 g/mol. The fraction of sp³-hybridized carbons (Fsp3) is 0.407. The quantitative estimate of drug-likeness (QED) is 0.445. The van der Waals surface area contributed by atoms with Crippen LogP contribution in [-0.4, -0.2) is 73.5 Å². The molecular formula is C27H34N4O4S. The molecule has 0 amide bonds. The van der Waals surface area contributed by atoms with E-state index in [0.717, 1.165) is 49.5 Å². The Morgan fingerprint density at radius 2 is 1.83 bits per heavy atom. The summed E-state index contributed by atoms with van der Waals surface area (Å²) in [7, 11) is 3.17. The van der Waals surface area contributed by atoms with Crippen LogP contribution in [0.2, 0.25) is 0 Å². The Hall–Kier alpha value is -3.14. The summed E-state index contributed by atoms with van der Waals surface area (Å²) >= 11 is 5.85. The number of aromatic amines is 1. The van der Waals surface area contributed by atoms with E-state index in [1.54, 1.807) is 20.3 Å². The number of nitrogens with one attached hydrogen (secondary N) is 2. The van der Waals surface area contributed by atoms with Crippen LogP contribution in [0.1, 0.15) is 16.7 Å². The maximum Gasteiger partial charge on any atom is 0.253 e. The molecule has 0 bridgehead atoms. The number of thiocarbonyl (C=S) groups is 1. The molecule has 1 aromatic heterocycles. The summed E-state index contributed by atoms with van der Waals surface area (Å²) in [6, 6.07) is 11.8. The van der Waals surface area contributed by atoms with Crippen molar-refractivity contribution in [2.24, 2.45) is 0 Å². The summed E-state index contributed by atoms with van der Waals surface area (Å²) in [4.78, 5) is 20.5. The lowest BCUT2D eigenvalue weighted by Gasteiger charge is -2.31. The zero-order chi connectivity index (χ0) is 25.7. The predicted octanol–water partition coefficient (Wildman–Crippen LogP) is 3.69. The van der Waals surface area contributed by atoms with E-state index in [4.69, 9.17) is 26.4 Å². The average molecular weight is 511 g/mol. The van der Waals surface area contributed by atoms with Gasteiger partial charge in [0.2, 0.25) is 0 Å². The van der Waals surface area contributed by atoms with Crippen molar-refractivity contribution >= 4 is 33.9 Å². The van der Waals surface area contributed by atoms with Gasteiger partial charge in [0.15, 0.2) is 16.6 Å². The third kappa shape index (κ3) is 6.16. The highest BCUT2D eigenvalue weighted by Crippen LogP contribution is 2.31. The number of pyridine rings is 1. The molecule has 192 valence electrons. The molecule has 1 fully saturated rings. The molecule has 8 nitrogen and oxygen atoms in total. The summed E-state index contributed by atoms with van der Waals surface area (Å²) in [6.07, 6.45) is 0. The van der Waals surface area contributed by atoms with Gasteiger partial charge in [0.1, 0.15) is 0 Å². The Morgan fingerprint density at radius 3 is 2.53 bits per heavy atom. The lowest BCUT2D eigenvalue weighted by Crippen LogP contribution is -2.44. The molecule has 0 radical (unpaired) electrons. The van der Waals surface area contributed by atoms with Crippen LogP contribution in [0.15, 0.2) is 41.2 Å². The average Bonchev–Trinajstić information content (AvgIpc) is 2.88. The van der Waals surface area contributed by atoms with Crippen LogP contribution in [0.25, 0.3) is 10.9 Å². The number of ether oxygens (including phenoxy) is 3. The van der Waals surface area contributed by atoms with E-state index in [1.165, 1.54) is 5.56 Å². The molecule has 2 aromatic carbocycles. The first-order valence-electron chi connectivity index (χ1n) is 12.1. The second kappa shape index (κ2) is 11.7. The molecule has 9 heteroatoms. The SMILES string of the molecule is COc1cc2cc(CN(CCN3CCOCC3)C(=S)Nc3ccc(C)cc3C)c(=O)[nH]c2cc1OC. The number of hydrogen-bond donors (Lipinski definition) is 2. The largest absolute Gasteiger partial charge is 0.493 e. The van der Waals surface area contributed by atoms with Gasteiger partial charge < -0.3 is 29.4 Å². The van der Waals surface area contributed by atoms with Crippen LogP contribution < -0.4 is 20.3 Å². The van der Waals surface area contributed by atoms with Crippen LogP contribution in [-0.2, 0) is 11.3 Å². The second-order valence-corrected chi connectivity index (χ2v) is 9.43. The molecule has 1 aliphatic heterocycles. The van der Waals surface area contributed by atoms with E-state index in [0.29, 0.717) is 40.8 Å². The number of rotatable bonds is 8. The summed E-state index contributed by atoms with van der Waals surface area (Å²) in [6.45, 7) is 9.27. The first-order valence-corrected chi connectivity index (χ1v) is 12.5. The van der Waals surface area contributed by atoms with Gasteiger partial charge in [-0.25, -0.2) is 0 Å². The van der Waals surface area contributed by atoms with Crippen LogP contribution in [0.4, 0.5) is 5.69 Å². The third-order valence-corrected chi connectivity index (χ3v) is 6.85. The normalized spacial score (nSPS) is 14.0. The van der Waals surface area contributed by atoms with Crippen LogP contribution in [0.3, 0.4) is 0 Å². The molecule has 0 spiro atoms. The number of benzene rings is 2. The molecule has 0 unspecified atom stereocenters. The molecule has 2 heterocycles. The molecule has 1 aliphatic rings. The van der Waals surface area contributed by atoms with Crippen LogP contribution >= 0.6 is 12.2 Å². The van der Waals surface area contributed by atoms with Gasteiger partial charge in [-0.05, 0) is 49.8 Å². The number of methoxy groups -OCH3 is 2. The number of anilines is 1. The molecule has 3 aromatic rings. The monoisotopic (exact) mass is 510 g/mol. The first kappa shape index (κ1) is 25.9. The predicted molar refractivity (Wildman–Crippen MR) is 147 cm³/mol. The van der Waals surface area contributed by atoms with Crippen molar-refractivity contribution in [1.82, 2.24) is 14.8 Å². The Labute approximate surface area is 217 Å². The van der Waals surface area contributed by atoms with E-state index >= 15 is 0 Å². The number of aryl methyl sites for hydroxylation is 2. The fourth-order valence-electron chi connectivity index (χ4n) is 4.39. The highest BCUT2D eigenvalue weighted by atomic mass is 32.1. The minimum atomic E-state index is -0.152. The molecule has 36 heavy (non-hydrogen) atoms. The van der Waals surface area contributed by atoms with Crippen molar-refractivity contribution in [3.8, 4) is 11.5 Å². The highest BCUT2D eigenvalue weighted by molar-refractivity contribution is 7.80. The number of hydrogen-bond acceptors (Lipinski definition) is 6. The Bertz CT molecular complexity index is 1290. The summed E-state index contributed by atoms with van der Waals surface area (Å²) < 4.78 is 16.3. The van der Waals surface area contributed by atoms with E-state index < -0.39 is 0 Å². The number of fused-ring (bicyclic) bond motifs is 1. The number of H-pyrrole nitrogens is 1. The number of morpholine rings is 1. The second-order valence-electron chi connectivity index (χ2n) is 9.04. The lowest BCUT2D eigenvalue weighted by atomic mass is 10.1.